The van der Waals surface area contributed by atoms with E-state index >= 15 is 0 Å². The van der Waals surface area contributed by atoms with E-state index in [0.29, 0.717) is 11.3 Å². The first-order chi connectivity index (χ1) is 6.27. The van der Waals surface area contributed by atoms with Crippen LogP contribution in [0.1, 0.15) is 5.56 Å². The van der Waals surface area contributed by atoms with E-state index in [2.05, 4.69) is 4.74 Å². The quantitative estimate of drug-likeness (QED) is 0.665. The summed E-state index contributed by atoms with van der Waals surface area (Å²) in [4.78, 5) is 9.84. The van der Waals surface area contributed by atoms with Gasteiger partial charge < -0.3 is 9.47 Å². The Labute approximate surface area is 75.1 Å². The zero-order valence-electron chi connectivity index (χ0n) is 7.12. The van der Waals surface area contributed by atoms with Gasteiger partial charge in [0.15, 0.2) is 0 Å². The lowest BCUT2D eigenvalue weighted by molar-refractivity contribution is -0.129. The minimum Gasteiger partial charge on any atom is -0.497 e. The Morgan fingerprint density at radius 2 is 2.31 bits per heavy atom. The molecule has 0 aliphatic carbocycles. The van der Waals surface area contributed by atoms with Gasteiger partial charge in [-0.1, -0.05) is 0 Å². The van der Waals surface area contributed by atoms with Gasteiger partial charge in [0.2, 0.25) is 0 Å². The molecule has 0 aliphatic rings. The molecule has 0 heterocycles. The van der Waals surface area contributed by atoms with Gasteiger partial charge in [0, 0.05) is 11.6 Å². The van der Waals surface area contributed by atoms with Crippen LogP contribution in [-0.4, -0.2) is 13.6 Å². The fourth-order valence-corrected chi connectivity index (χ4v) is 0.896. The summed E-state index contributed by atoms with van der Waals surface area (Å²) < 4.78 is 22.3. The summed E-state index contributed by atoms with van der Waals surface area (Å²) in [5, 5.41) is 0. The molecule has 0 fully saturated rings. The molecule has 70 valence electrons. The highest BCUT2D eigenvalue weighted by Gasteiger charge is 2.03. The SMILES string of the molecule is COc1ccc(COC=O)c(F)c1. The van der Waals surface area contributed by atoms with Gasteiger partial charge in [-0.15, -0.1) is 0 Å². The molecule has 0 unspecified atom stereocenters. The fraction of sp³-hybridized carbons (Fsp3) is 0.222. The third-order valence-corrected chi connectivity index (χ3v) is 1.57. The molecule has 1 aromatic rings. The summed E-state index contributed by atoms with van der Waals surface area (Å²) in [5.41, 5.74) is 0.327. The molecule has 0 saturated heterocycles. The van der Waals surface area contributed by atoms with E-state index in [-0.39, 0.29) is 13.1 Å². The lowest BCUT2D eigenvalue weighted by atomic mass is 10.2. The summed E-state index contributed by atoms with van der Waals surface area (Å²) >= 11 is 0. The van der Waals surface area contributed by atoms with Gasteiger partial charge in [0.25, 0.3) is 6.47 Å². The molecule has 0 atom stereocenters. The monoisotopic (exact) mass is 184 g/mol. The molecule has 3 nitrogen and oxygen atoms in total. The van der Waals surface area contributed by atoms with E-state index in [1.807, 2.05) is 0 Å². The predicted molar refractivity (Wildman–Crippen MR) is 43.8 cm³/mol. The fourth-order valence-electron chi connectivity index (χ4n) is 0.896. The maximum atomic E-state index is 13.1. The average molecular weight is 184 g/mol. The van der Waals surface area contributed by atoms with Crippen LogP contribution in [0.4, 0.5) is 4.39 Å². The van der Waals surface area contributed by atoms with Crippen LogP contribution in [0.3, 0.4) is 0 Å². The van der Waals surface area contributed by atoms with Gasteiger partial charge in [-0.25, -0.2) is 4.39 Å². The van der Waals surface area contributed by atoms with Crippen molar-refractivity contribution in [1.29, 1.82) is 0 Å². The highest BCUT2D eigenvalue weighted by atomic mass is 19.1. The van der Waals surface area contributed by atoms with E-state index in [1.165, 1.54) is 19.2 Å². The number of halogens is 1. The maximum Gasteiger partial charge on any atom is 0.293 e. The van der Waals surface area contributed by atoms with Crippen molar-refractivity contribution in [3.63, 3.8) is 0 Å². The van der Waals surface area contributed by atoms with Crippen molar-refractivity contribution in [1.82, 2.24) is 0 Å². The lowest BCUT2D eigenvalue weighted by Gasteiger charge is -2.03. The van der Waals surface area contributed by atoms with Gasteiger partial charge >= 0.3 is 0 Å². The highest BCUT2D eigenvalue weighted by Crippen LogP contribution is 2.16. The normalized spacial score (nSPS) is 9.38. The van der Waals surface area contributed by atoms with Crippen LogP contribution in [0.15, 0.2) is 18.2 Å². The maximum absolute atomic E-state index is 13.1. The molecule has 0 aliphatic heterocycles. The first-order valence-corrected chi connectivity index (χ1v) is 3.65. The number of benzene rings is 1. The Bertz CT molecular complexity index is 299. The van der Waals surface area contributed by atoms with Crippen molar-refractivity contribution in [2.45, 2.75) is 6.61 Å². The average Bonchev–Trinajstić information content (AvgIpc) is 2.16. The Kier molecular flexibility index (Phi) is 3.25. The van der Waals surface area contributed by atoms with E-state index in [1.54, 1.807) is 6.07 Å². The van der Waals surface area contributed by atoms with Crippen molar-refractivity contribution in [2.75, 3.05) is 7.11 Å². The van der Waals surface area contributed by atoms with E-state index in [9.17, 15) is 9.18 Å². The van der Waals surface area contributed by atoms with Gasteiger partial charge in [0.05, 0.1) is 7.11 Å². The third kappa shape index (κ3) is 2.43. The number of rotatable bonds is 4. The number of carbonyl (C=O) groups excluding carboxylic acids is 1. The molecule has 0 bridgehead atoms. The van der Waals surface area contributed by atoms with E-state index in [0.717, 1.165) is 0 Å². The van der Waals surface area contributed by atoms with Crippen LogP contribution in [-0.2, 0) is 16.1 Å². The van der Waals surface area contributed by atoms with Crippen molar-refractivity contribution >= 4 is 6.47 Å². The highest BCUT2D eigenvalue weighted by molar-refractivity contribution is 5.38. The van der Waals surface area contributed by atoms with Crippen molar-refractivity contribution in [3.05, 3.63) is 29.6 Å². The number of hydrogen-bond acceptors (Lipinski definition) is 3. The van der Waals surface area contributed by atoms with Crippen LogP contribution in [0.2, 0.25) is 0 Å². The lowest BCUT2D eigenvalue weighted by Crippen LogP contribution is -1.95. The summed E-state index contributed by atoms with van der Waals surface area (Å²) in [6, 6.07) is 4.35. The van der Waals surface area contributed by atoms with Gasteiger partial charge in [0.1, 0.15) is 18.2 Å². The third-order valence-electron chi connectivity index (χ3n) is 1.57. The number of hydrogen-bond donors (Lipinski definition) is 0. The summed E-state index contributed by atoms with van der Waals surface area (Å²) in [5.74, 6) is -0.00597. The summed E-state index contributed by atoms with van der Waals surface area (Å²) in [7, 11) is 1.45. The van der Waals surface area contributed by atoms with Crippen molar-refractivity contribution < 1.29 is 18.7 Å². The Balaban J connectivity index is 2.78. The summed E-state index contributed by atoms with van der Waals surface area (Å²) in [6.45, 7) is 0.225. The van der Waals surface area contributed by atoms with Crippen LogP contribution >= 0.6 is 0 Å². The second kappa shape index (κ2) is 4.45. The number of ether oxygens (including phenoxy) is 2. The molecule has 4 heteroatoms. The molecule has 0 N–H and O–H groups in total. The molecular weight excluding hydrogens is 175 g/mol. The Morgan fingerprint density at radius 3 is 2.85 bits per heavy atom. The smallest absolute Gasteiger partial charge is 0.293 e. The molecule has 0 aromatic heterocycles. The second-order valence-electron chi connectivity index (χ2n) is 2.36. The molecule has 1 rings (SSSR count). The van der Waals surface area contributed by atoms with Gasteiger partial charge in [-0.3, -0.25) is 4.79 Å². The van der Waals surface area contributed by atoms with Gasteiger partial charge in [-0.2, -0.15) is 0 Å². The Hall–Kier alpha value is -1.58. The van der Waals surface area contributed by atoms with Crippen LogP contribution < -0.4 is 4.74 Å². The van der Waals surface area contributed by atoms with Crippen LogP contribution in [0.5, 0.6) is 5.75 Å². The molecule has 13 heavy (non-hydrogen) atoms. The van der Waals surface area contributed by atoms with E-state index < -0.39 is 5.82 Å². The van der Waals surface area contributed by atoms with Crippen LogP contribution in [0, 0.1) is 5.82 Å². The first kappa shape index (κ1) is 9.51. The van der Waals surface area contributed by atoms with Crippen molar-refractivity contribution in [3.8, 4) is 5.75 Å². The standard InChI is InChI=1S/C9H9FO3/c1-12-8-3-2-7(5-13-6-11)9(10)4-8/h2-4,6H,5H2,1H3. The van der Waals surface area contributed by atoms with Crippen molar-refractivity contribution in [2.24, 2.45) is 0 Å². The van der Waals surface area contributed by atoms with Gasteiger partial charge in [-0.05, 0) is 12.1 Å². The first-order valence-electron chi connectivity index (χ1n) is 3.65. The van der Waals surface area contributed by atoms with E-state index in [4.69, 9.17) is 4.74 Å². The predicted octanol–water partition coefficient (Wildman–Crippen LogP) is 1.51. The van der Waals surface area contributed by atoms with Crippen LogP contribution in [0.25, 0.3) is 0 Å². The molecule has 1 aromatic carbocycles. The summed E-state index contributed by atoms with van der Waals surface area (Å²) in [6.07, 6.45) is 0. The largest absolute Gasteiger partial charge is 0.497 e. The number of carbonyl (C=O) groups is 1. The zero-order valence-corrected chi connectivity index (χ0v) is 7.12. The molecule has 0 amide bonds. The molecular formula is C9H9FO3. The molecule has 0 radical (unpaired) electrons. The molecule has 0 saturated carbocycles. The Morgan fingerprint density at radius 1 is 1.54 bits per heavy atom. The minimum atomic E-state index is -0.443. The minimum absolute atomic E-state index is 0.0562. The number of methoxy groups -OCH3 is 1. The topological polar surface area (TPSA) is 35.5 Å². The molecule has 0 spiro atoms. The second-order valence-corrected chi connectivity index (χ2v) is 2.36. The zero-order chi connectivity index (χ0) is 9.68.